The zero-order valence-electron chi connectivity index (χ0n) is 18.1. The third-order valence-corrected chi connectivity index (χ3v) is 5.71. The topological polar surface area (TPSA) is 54.6 Å². The van der Waals surface area contributed by atoms with Gasteiger partial charge in [0.2, 0.25) is 11.7 Å². The second-order valence-corrected chi connectivity index (χ2v) is 8.13. The minimum absolute atomic E-state index is 0.270. The van der Waals surface area contributed by atoms with E-state index in [9.17, 15) is 4.39 Å². The molecule has 1 saturated heterocycles. The van der Waals surface area contributed by atoms with E-state index in [0.717, 1.165) is 39.4 Å². The van der Waals surface area contributed by atoms with Gasteiger partial charge in [-0.05, 0) is 31.0 Å². The minimum Gasteiger partial charge on any atom is -0.379 e. The molecule has 1 unspecified atom stereocenters. The third kappa shape index (κ3) is 5.76. The molecule has 0 aliphatic carbocycles. The van der Waals surface area contributed by atoms with Crippen molar-refractivity contribution in [2.45, 2.75) is 33.0 Å². The van der Waals surface area contributed by atoms with E-state index >= 15 is 0 Å². The first-order chi connectivity index (χ1) is 15.1. The van der Waals surface area contributed by atoms with Crippen LogP contribution in [-0.4, -0.2) is 58.8 Å². The second-order valence-electron chi connectivity index (χ2n) is 8.13. The van der Waals surface area contributed by atoms with Crippen molar-refractivity contribution < 1.29 is 13.7 Å². The Labute approximate surface area is 182 Å². The number of benzene rings is 2. The normalized spacial score (nSPS) is 16.0. The van der Waals surface area contributed by atoms with E-state index in [4.69, 9.17) is 9.26 Å². The summed E-state index contributed by atoms with van der Waals surface area (Å²) >= 11 is 0. The first-order valence-electron chi connectivity index (χ1n) is 10.8. The number of hydrogen-bond acceptors (Lipinski definition) is 6. The maximum absolute atomic E-state index is 13.9. The molecule has 2 heterocycles. The number of rotatable bonds is 8. The maximum atomic E-state index is 13.9. The van der Waals surface area contributed by atoms with E-state index in [1.54, 1.807) is 13.0 Å². The number of ether oxygens (including phenoxy) is 1. The molecule has 164 valence electrons. The van der Waals surface area contributed by atoms with Crippen molar-refractivity contribution in [1.29, 1.82) is 0 Å². The van der Waals surface area contributed by atoms with Crippen molar-refractivity contribution >= 4 is 0 Å². The molecule has 7 heteroatoms. The van der Waals surface area contributed by atoms with E-state index in [2.05, 4.69) is 51.1 Å². The SMILES string of the molecule is Cc1ccc(-c2noc(CN(Cc3ccccc3)C(C)CN3CCOCC3)n2)cc1F. The van der Waals surface area contributed by atoms with Gasteiger partial charge in [-0.1, -0.05) is 47.6 Å². The monoisotopic (exact) mass is 424 g/mol. The van der Waals surface area contributed by atoms with Gasteiger partial charge in [0.05, 0.1) is 19.8 Å². The summed E-state index contributed by atoms with van der Waals surface area (Å²) in [5, 5.41) is 4.09. The number of halogens is 1. The smallest absolute Gasteiger partial charge is 0.241 e. The fourth-order valence-electron chi connectivity index (χ4n) is 3.80. The lowest BCUT2D eigenvalue weighted by atomic mass is 10.1. The predicted octanol–water partition coefficient (Wildman–Crippen LogP) is 3.91. The van der Waals surface area contributed by atoms with Crippen LogP contribution >= 0.6 is 0 Å². The first kappa shape index (κ1) is 21.6. The first-order valence-corrected chi connectivity index (χ1v) is 10.8. The predicted molar refractivity (Wildman–Crippen MR) is 117 cm³/mol. The number of aryl methyl sites for hydroxylation is 1. The molecule has 0 radical (unpaired) electrons. The highest BCUT2D eigenvalue weighted by molar-refractivity contribution is 5.54. The lowest BCUT2D eigenvalue weighted by Crippen LogP contribution is -2.45. The summed E-state index contributed by atoms with van der Waals surface area (Å²) in [6.07, 6.45) is 0. The minimum atomic E-state index is -0.270. The molecule has 2 aromatic carbocycles. The molecule has 4 rings (SSSR count). The highest BCUT2D eigenvalue weighted by atomic mass is 19.1. The molecule has 0 bridgehead atoms. The van der Waals surface area contributed by atoms with Crippen molar-refractivity contribution in [2.24, 2.45) is 0 Å². The average Bonchev–Trinajstić information content (AvgIpc) is 3.25. The van der Waals surface area contributed by atoms with E-state index in [1.165, 1.54) is 11.6 Å². The molecule has 0 spiro atoms. The molecule has 1 aliphatic rings. The van der Waals surface area contributed by atoms with Crippen molar-refractivity contribution in [1.82, 2.24) is 19.9 Å². The Morgan fingerprint density at radius 3 is 2.61 bits per heavy atom. The lowest BCUT2D eigenvalue weighted by Gasteiger charge is -2.34. The van der Waals surface area contributed by atoms with Crippen LogP contribution in [0.4, 0.5) is 4.39 Å². The molecule has 0 N–H and O–H groups in total. The van der Waals surface area contributed by atoms with Crippen LogP contribution < -0.4 is 0 Å². The van der Waals surface area contributed by atoms with Gasteiger partial charge in [0, 0.05) is 37.8 Å². The number of aromatic nitrogens is 2. The van der Waals surface area contributed by atoms with Gasteiger partial charge in [0.15, 0.2) is 0 Å². The fraction of sp³-hybridized carbons (Fsp3) is 0.417. The highest BCUT2D eigenvalue weighted by Crippen LogP contribution is 2.20. The molecule has 0 saturated carbocycles. The van der Waals surface area contributed by atoms with Crippen LogP contribution in [0.3, 0.4) is 0 Å². The maximum Gasteiger partial charge on any atom is 0.241 e. The van der Waals surface area contributed by atoms with Crippen LogP contribution in [0.15, 0.2) is 53.1 Å². The summed E-state index contributed by atoms with van der Waals surface area (Å²) in [7, 11) is 0. The Hall–Kier alpha value is -2.61. The largest absolute Gasteiger partial charge is 0.379 e. The van der Waals surface area contributed by atoms with E-state index in [-0.39, 0.29) is 11.9 Å². The molecular weight excluding hydrogens is 395 g/mol. The molecule has 0 amide bonds. The zero-order chi connectivity index (χ0) is 21.6. The van der Waals surface area contributed by atoms with Crippen LogP contribution in [0.2, 0.25) is 0 Å². The fourth-order valence-corrected chi connectivity index (χ4v) is 3.80. The zero-order valence-corrected chi connectivity index (χ0v) is 18.1. The van der Waals surface area contributed by atoms with Crippen LogP contribution in [-0.2, 0) is 17.8 Å². The van der Waals surface area contributed by atoms with Crippen molar-refractivity contribution in [3.63, 3.8) is 0 Å². The Balaban J connectivity index is 1.49. The lowest BCUT2D eigenvalue weighted by molar-refractivity contribution is 0.0214. The molecule has 1 atom stereocenters. The van der Waals surface area contributed by atoms with E-state index in [1.807, 2.05) is 12.1 Å². The van der Waals surface area contributed by atoms with Crippen LogP contribution in [0.25, 0.3) is 11.4 Å². The van der Waals surface area contributed by atoms with Gasteiger partial charge in [-0.15, -0.1) is 0 Å². The highest BCUT2D eigenvalue weighted by Gasteiger charge is 2.22. The second kappa shape index (κ2) is 10.1. The van der Waals surface area contributed by atoms with Crippen molar-refractivity contribution in [3.8, 4) is 11.4 Å². The van der Waals surface area contributed by atoms with Gasteiger partial charge < -0.3 is 9.26 Å². The van der Waals surface area contributed by atoms with Gasteiger partial charge in [0.1, 0.15) is 5.82 Å². The molecule has 1 fully saturated rings. The van der Waals surface area contributed by atoms with Crippen molar-refractivity contribution in [3.05, 3.63) is 71.4 Å². The van der Waals surface area contributed by atoms with E-state index < -0.39 is 0 Å². The average molecular weight is 425 g/mol. The standard InChI is InChI=1S/C24H29FN4O2/c1-18-8-9-21(14-22(18)25)24-26-23(31-27-24)17-29(16-20-6-4-3-5-7-20)19(2)15-28-10-12-30-13-11-28/h3-9,14,19H,10-13,15-17H2,1-2H3. The summed E-state index contributed by atoms with van der Waals surface area (Å²) in [4.78, 5) is 9.32. The van der Waals surface area contributed by atoms with E-state index in [0.29, 0.717) is 29.4 Å². The summed E-state index contributed by atoms with van der Waals surface area (Å²) in [5.74, 6) is 0.670. The summed E-state index contributed by atoms with van der Waals surface area (Å²) in [6.45, 7) is 9.69. The Morgan fingerprint density at radius 1 is 1.10 bits per heavy atom. The molecule has 3 aromatic rings. The van der Waals surface area contributed by atoms with Crippen LogP contribution in [0.1, 0.15) is 23.9 Å². The Bertz CT molecular complexity index is 973. The van der Waals surface area contributed by atoms with Gasteiger partial charge in [-0.2, -0.15) is 4.98 Å². The number of hydrogen-bond donors (Lipinski definition) is 0. The van der Waals surface area contributed by atoms with Gasteiger partial charge >= 0.3 is 0 Å². The number of morpholine rings is 1. The van der Waals surface area contributed by atoms with Gasteiger partial charge in [-0.25, -0.2) is 4.39 Å². The summed E-state index contributed by atoms with van der Waals surface area (Å²) in [5.41, 5.74) is 2.45. The van der Waals surface area contributed by atoms with Gasteiger partial charge in [-0.3, -0.25) is 9.80 Å². The molecule has 1 aliphatic heterocycles. The third-order valence-electron chi connectivity index (χ3n) is 5.71. The Kier molecular flexibility index (Phi) is 7.06. The number of nitrogens with zero attached hydrogens (tertiary/aromatic N) is 4. The van der Waals surface area contributed by atoms with Crippen molar-refractivity contribution in [2.75, 3.05) is 32.8 Å². The summed E-state index contributed by atoms with van der Waals surface area (Å²) in [6, 6.07) is 15.7. The molecule has 6 nitrogen and oxygen atoms in total. The molecular formula is C24H29FN4O2. The van der Waals surface area contributed by atoms with Crippen LogP contribution in [0, 0.1) is 12.7 Å². The molecule has 1 aromatic heterocycles. The summed E-state index contributed by atoms with van der Waals surface area (Å²) < 4.78 is 25.0. The van der Waals surface area contributed by atoms with Crippen LogP contribution in [0.5, 0.6) is 0 Å². The Morgan fingerprint density at radius 2 is 1.87 bits per heavy atom. The molecule has 31 heavy (non-hydrogen) atoms. The quantitative estimate of drug-likeness (QED) is 0.547. The van der Waals surface area contributed by atoms with Gasteiger partial charge in [0.25, 0.3) is 0 Å².